The van der Waals surface area contributed by atoms with Crippen molar-refractivity contribution in [3.05, 3.63) is 77.7 Å². The highest BCUT2D eigenvalue weighted by molar-refractivity contribution is 5.69. The maximum absolute atomic E-state index is 14.5. The highest BCUT2D eigenvalue weighted by atomic mass is 19.1. The lowest BCUT2D eigenvalue weighted by Crippen LogP contribution is -1.91. The molecular formula is C24H26FN. The van der Waals surface area contributed by atoms with Gasteiger partial charge in [0.05, 0.1) is 5.69 Å². The standard InChI is InChI=1S/C24H26FN/c1-3-5-7-18-8-14-22(23(25)16-18)20-10-12-21(13-11-20)24-15-9-19(6-4-2)17-26-24/h8-17H,3-7H2,1-2H3. The summed E-state index contributed by atoms with van der Waals surface area (Å²) in [7, 11) is 0. The molecule has 0 N–H and O–H groups in total. The monoisotopic (exact) mass is 347 g/mol. The van der Waals surface area contributed by atoms with Gasteiger partial charge >= 0.3 is 0 Å². The van der Waals surface area contributed by atoms with Crippen molar-refractivity contribution in [1.82, 2.24) is 4.98 Å². The summed E-state index contributed by atoms with van der Waals surface area (Å²) in [5.41, 5.74) is 5.89. The summed E-state index contributed by atoms with van der Waals surface area (Å²) in [6, 6.07) is 17.8. The second kappa shape index (κ2) is 8.75. The van der Waals surface area contributed by atoms with Crippen molar-refractivity contribution < 1.29 is 4.39 Å². The van der Waals surface area contributed by atoms with Crippen molar-refractivity contribution in [2.75, 3.05) is 0 Å². The van der Waals surface area contributed by atoms with Crippen LogP contribution in [0.25, 0.3) is 22.4 Å². The molecule has 0 bridgehead atoms. The fourth-order valence-corrected chi connectivity index (χ4v) is 3.18. The predicted octanol–water partition coefficient (Wildman–Crippen LogP) is 6.85. The van der Waals surface area contributed by atoms with E-state index in [-0.39, 0.29) is 5.82 Å². The van der Waals surface area contributed by atoms with Gasteiger partial charge in [0.25, 0.3) is 0 Å². The summed E-state index contributed by atoms with van der Waals surface area (Å²) in [5, 5.41) is 0. The van der Waals surface area contributed by atoms with Crippen LogP contribution in [-0.4, -0.2) is 4.98 Å². The minimum absolute atomic E-state index is 0.145. The zero-order chi connectivity index (χ0) is 18.4. The van der Waals surface area contributed by atoms with Crippen LogP contribution in [-0.2, 0) is 12.8 Å². The Morgan fingerprint density at radius 2 is 1.50 bits per heavy atom. The summed E-state index contributed by atoms with van der Waals surface area (Å²) in [4.78, 5) is 4.55. The molecule has 0 amide bonds. The number of benzene rings is 2. The van der Waals surface area contributed by atoms with E-state index in [1.54, 1.807) is 6.07 Å². The first-order valence-corrected chi connectivity index (χ1v) is 9.55. The van der Waals surface area contributed by atoms with Crippen LogP contribution in [0.1, 0.15) is 44.2 Å². The lowest BCUT2D eigenvalue weighted by molar-refractivity contribution is 0.627. The topological polar surface area (TPSA) is 12.9 Å². The molecule has 2 heteroatoms. The molecule has 1 aromatic heterocycles. The Bertz CT molecular complexity index is 835. The van der Waals surface area contributed by atoms with E-state index >= 15 is 0 Å². The number of hydrogen-bond donors (Lipinski definition) is 0. The molecule has 3 rings (SSSR count). The Balaban J connectivity index is 1.79. The fourth-order valence-electron chi connectivity index (χ4n) is 3.18. The lowest BCUT2D eigenvalue weighted by atomic mass is 9.99. The van der Waals surface area contributed by atoms with Crippen LogP contribution in [0.4, 0.5) is 4.39 Å². The van der Waals surface area contributed by atoms with Crippen molar-refractivity contribution in [3.63, 3.8) is 0 Å². The minimum atomic E-state index is -0.145. The van der Waals surface area contributed by atoms with Crippen molar-refractivity contribution in [2.24, 2.45) is 0 Å². The van der Waals surface area contributed by atoms with E-state index in [2.05, 4.69) is 31.0 Å². The van der Waals surface area contributed by atoms with Gasteiger partial charge in [0, 0.05) is 17.3 Å². The third-order valence-corrected chi connectivity index (χ3v) is 4.71. The number of halogens is 1. The molecule has 134 valence electrons. The number of rotatable bonds is 7. The van der Waals surface area contributed by atoms with Gasteiger partial charge in [-0.2, -0.15) is 0 Å². The van der Waals surface area contributed by atoms with E-state index < -0.39 is 0 Å². The first-order valence-electron chi connectivity index (χ1n) is 9.55. The number of nitrogens with zero attached hydrogens (tertiary/aromatic N) is 1. The van der Waals surface area contributed by atoms with Crippen LogP contribution in [0.15, 0.2) is 60.8 Å². The third kappa shape index (κ3) is 4.37. The molecule has 0 radical (unpaired) electrons. The van der Waals surface area contributed by atoms with Crippen molar-refractivity contribution in [1.29, 1.82) is 0 Å². The quantitative estimate of drug-likeness (QED) is 0.455. The van der Waals surface area contributed by atoms with Crippen LogP contribution in [0.3, 0.4) is 0 Å². The first-order chi connectivity index (χ1) is 12.7. The maximum atomic E-state index is 14.5. The molecule has 0 unspecified atom stereocenters. The van der Waals surface area contributed by atoms with Gasteiger partial charge in [-0.25, -0.2) is 4.39 Å². The Hall–Kier alpha value is -2.48. The summed E-state index contributed by atoms with van der Waals surface area (Å²) >= 11 is 0. The van der Waals surface area contributed by atoms with Crippen molar-refractivity contribution in [3.8, 4) is 22.4 Å². The van der Waals surface area contributed by atoms with Gasteiger partial charge < -0.3 is 0 Å². The Morgan fingerprint density at radius 1 is 0.769 bits per heavy atom. The number of aryl methyl sites for hydroxylation is 2. The second-order valence-corrected chi connectivity index (χ2v) is 6.80. The van der Waals surface area contributed by atoms with Crippen LogP contribution in [0.5, 0.6) is 0 Å². The lowest BCUT2D eigenvalue weighted by Gasteiger charge is -2.08. The highest BCUT2D eigenvalue weighted by Gasteiger charge is 2.07. The average molecular weight is 347 g/mol. The molecule has 2 aromatic carbocycles. The van der Waals surface area contributed by atoms with Crippen molar-refractivity contribution >= 4 is 0 Å². The van der Waals surface area contributed by atoms with E-state index in [9.17, 15) is 4.39 Å². The summed E-state index contributed by atoms with van der Waals surface area (Å²) in [5.74, 6) is -0.145. The molecular weight excluding hydrogens is 321 g/mol. The number of unbranched alkanes of at least 4 members (excludes halogenated alkanes) is 1. The van der Waals surface area contributed by atoms with E-state index in [1.807, 2.05) is 42.6 Å². The molecule has 0 aliphatic carbocycles. The Labute approximate surface area is 155 Å². The van der Waals surface area contributed by atoms with Crippen LogP contribution < -0.4 is 0 Å². The first kappa shape index (κ1) is 18.3. The highest BCUT2D eigenvalue weighted by Crippen LogP contribution is 2.27. The predicted molar refractivity (Wildman–Crippen MR) is 108 cm³/mol. The van der Waals surface area contributed by atoms with Crippen LogP contribution in [0, 0.1) is 5.82 Å². The SMILES string of the molecule is CCCCc1ccc(-c2ccc(-c3ccc(CCC)cn3)cc2)c(F)c1. The number of aromatic nitrogens is 1. The van der Waals surface area contributed by atoms with E-state index in [4.69, 9.17) is 0 Å². The Morgan fingerprint density at radius 3 is 2.12 bits per heavy atom. The van der Waals surface area contributed by atoms with Gasteiger partial charge in [-0.3, -0.25) is 4.98 Å². The molecule has 0 spiro atoms. The summed E-state index contributed by atoms with van der Waals surface area (Å²) in [6.45, 7) is 4.32. The van der Waals surface area contributed by atoms with Crippen LogP contribution in [0.2, 0.25) is 0 Å². The molecule has 26 heavy (non-hydrogen) atoms. The van der Waals surface area contributed by atoms with Gasteiger partial charge in [0.15, 0.2) is 0 Å². The second-order valence-electron chi connectivity index (χ2n) is 6.80. The molecule has 0 aliphatic rings. The number of pyridine rings is 1. The van der Waals surface area contributed by atoms with Gasteiger partial charge in [0.2, 0.25) is 0 Å². The third-order valence-electron chi connectivity index (χ3n) is 4.71. The molecule has 0 atom stereocenters. The molecule has 3 aromatic rings. The normalized spacial score (nSPS) is 10.9. The van der Waals surface area contributed by atoms with Crippen LogP contribution >= 0.6 is 0 Å². The molecule has 1 nitrogen and oxygen atoms in total. The minimum Gasteiger partial charge on any atom is -0.256 e. The molecule has 0 aliphatic heterocycles. The zero-order valence-electron chi connectivity index (χ0n) is 15.6. The average Bonchev–Trinajstić information content (AvgIpc) is 2.68. The van der Waals surface area contributed by atoms with Gasteiger partial charge in [-0.15, -0.1) is 0 Å². The molecule has 0 saturated heterocycles. The zero-order valence-corrected chi connectivity index (χ0v) is 15.6. The summed E-state index contributed by atoms with van der Waals surface area (Å²) in [6.07, 6.45) is 7.28. The largest absolute Gasteiger partial charge is 0.256 e. The number of hydrogen-bond acceptors (Lipinski definition) is 1. The summed E-state index contributed by atoms with van der Waals surface area (Å²) < 4.78 is 14.5. The van der Waals surface area contributed by atoms with E-state index in [1.165, 1.54) is 5.56 Å². The fraction of sp³-hybridized carbons (Fsp3) is 0.292. The van der Waals surface area contributed by atoms with E-state index in [0.717, 1.165) is 54.5 Å². The molecule has 0 fully saturated rings. The van der Waals surface area contributed by atoms with Gasteiger partial charge in [-0.05, 0) is 48.1 Å². The smallest absolute Gasteiger partial charge is 0.131 e. The molecule has 1 heterocycles. The Kier molecular flexibility index (Phi) is 6.17. The van der Waals surface area contributed by atoms with Crippen molar-refractivity contribution in [2.45, 2.75) is 46.0 Å². The molecule has 0 saturated carbocycles. The van der Waals surface area contributed by atoms with E-state index in [0.29, 0.717) is 5.56 Å². The maximum Gasteiger partial charge on any atom is 0.131 e. The van der Waals surface area contributed by atoms with Gasteiger partial charge in [0.1, 0.15) is 5.82 Å². The van der Waals surface area contributed by atoms with Gasteiger partial charge in [-0.1, -0.05) is 69.2 Å².